The number of para-hydroxylation sites is 1. The second-order valence-electron chi connectivity index (χ2n) is 6.15. The zero-order valence-electron chi connectivity index (χ0n) is 15.3. The van der Waals surface area contributed by atoms with Crippen molar-refractivity contribution in [2.24, 2.45) is 0 Å². The van der Waals surface area contributed by atoms with Crippen LogP contribution >= 0.6 is 23.8 Å². The number of aromatic amines is 1. The summed E-state index contributed by atoms with van der Waals surface area (Å²) in [5.41, 5.74) is 5.10. The van der Waals surface area contributed by atoms with E-state index in [0.29, 0.717) is 33.7 Å². The van der Waals surface area contributed by atoms with Gasteiger partial charge in [-0.25, -0.2) is 9.77 Å². The Kier molecular flexibility index (Phi) is 6.03. The van der Waals surface area contributed by atoms with Crippen molar-refractivity contribution >= 4 is 23.8 Å². The van der Waals surface area contributed by atoms with Gasteiger partial charge in [0, 0.05) is 0 Å². The number of nitrogens with zero attached hydrogens (tertiary/aromatic N) is 2. The molecule has 0 saturated carbocycles. The fraction of sp³-hybridized carbons (Fsp3) is 0.263. The van der Waals surface area contributed by atoms with Crippen LogP contribution in [0.2, 0.25) is 5.02 Å². The van der Waals surface area contributed by atoms with E-state index >= 15 is 0 Å². The zero-order chi connectivity index (χ0) is 19.4. The number of methoxy groups -OCH3 is 1. The lowest BCUT2D eigenvalue weighted by Gasteiger charge is -2.14. The lowest BCUT2D eigenvalue weighted by atomic mass is 10.2. The number of rotatable bonds is 7. The molecule has 0 spiro atoms. The molecule has 3 aromatic rings. The Bertz CT molecular complexity index is 984. The highest BCUT2D eigenvalue weighted by Gasteiger charge is 2.13. The molecule has 0 bridgehead atoms. The molecule has 1 aromatic heterocycles. The quantitative estimate of drug-likeness (QED) is 0.554. The van der Waals surface area contributed by atoms with Crippen molar-refractivity contribution in [3.63, 3.8) is 0 Å². The van der Waals surface area contributed by atoms with Crippen molar-refractivity contribution in [3.05, 3.63) is 57.8 Å². The van der Waals surface area contributed by atoms with Gasteiger partial charge in [-0.2, -0.15) is 5.10 Å². The standard InChI is InChI=1S/C19H21ClN4O2S/c1-12(2)26-17-9-8-13(10-15(17)20)11-21-24-18(22-23-19(24)27)14-6-4-5-7-16(14)25-3/h4-10,12,21H,11H2,1-3H3,(H,23,27). The fourth-order valence-electron chi connectivity index (χ4n) is 2.63. The van der Waals surface area contributed by atoms with Crippen LogP contribution in [-0.2, 0) is 6.54 Å². The van der Waals surface area contributed by atoms with Gasteiger partial charge in [0.15, 0.2) is 5.82 Å². The number of benzene rings is 2. The summed E-state index contributed by atoms with van der Waals surface area (Å²) in [5.74, 6) is 2.03. The van der Waals surface area contributed by atoms with Gasteiger partial charge in [0.25, 0.3) is 0 Å². The van der Waals surface area contributed by atoms with Crippen LogP contribution in [0.5, 0.6) is 11.5 Å². The Morgan fingerprint density at radius 3 is 2.70 bits per heavy atom. The van der Waals surface area contributed by atoms with Crippen molar-refractivity contribution < 1.29 is 9.47 Å². The maximum Gasteiger partial charge on any atom is 0.214 e. The van der Waals surface area contributed by atoms with Gasteiger partial charge in [-0.05, 0) is 55.9 Å². The van der Waals surface area contributed by atoms with E-state index in [9.17, 15) is 0 Å². The number of aromatic nitrogens is 3. The second-order valence-corrected chi connectivity index (χ2v) is 6.95. The topological polar surface area (TPSA) is 64.1 Å². The summed E-state index contributed by atoms with van der Waals surface area (Å²) >= 11 is 11.7. The first-order valence-electron chi connectivity index (χ1n) is 8.49. The minimum absolute atomic E-state index is 0.0687. The van der Waals surface area contributed by atoms with Crippen LogP contribution in [0.25, 0.3) is 11.4 Å². The number of H-pyrrole nitrogens is 1. The molecule has 0 radical (unpaired) electrons. The molecule has 3 rings (SSSR count). The summed E-state index contributed by atoms with van der Waals surface area (Å²) in [6.45, 7) is 4.44. The van der Waals surface area contributed by atoms with Crippen molar-refractivity contribution in [2.45, 2.75) is 26.5 Å². The van der Waals surface area contributed by atoms with Gasteiger partial charge in [-0.1, -0.05) is 29.8 Å². The first-order chi connectivity index (χ1) is 13.0. The Morgan fingerprint density at radius 1 is 1.22 bits per heavy atom. The highest BCUT2D eigenvalue weighted by Crippen LogP contribution is 2.28. The molecule has 0 saturated heterocycles. The minimum Gasteiger partial charge on any atom is -0.496 e. The van der Waals surface area contributed by atoms with Crippen LogP contribution in [0.1, 0.15) is 19.4 Å². The Labute approximate surface area is 168 Å². The third-order valence-corrected chi connectivity index (χ3v) is 4.39. The molecular weight excluding hydrogens is 384 g/mol. The molecule has 0 atom stereocenters. The summed E-state index contributed by atoms with van der Waals surface area (Å²) in [4.78, 5) is 0. The van der Waals surface area contributed by atoms with Gasteiger partial charge < -0.3 is 14.9 Å². The molecule has 0 aliphatic rings. The van der Waals surface area contributed by atoms with Gasteiger partial charge in [-0.15, -0.1) is 0 Å². The van der Waals surface area contributed by atoms with Crippen LogP contribution in [0.3, 0.4) is 0 Å². The molecule has 2 aromatic carbocycles. The average molecular weight is 405 g/mol. The average Bonchev–Trinajstić information content (AvgIpc) is 3.02. The van der Waals surface area contributed by atoms with Crippen LogP contribution in [-0.4, -0.2) is 28.1 Å². The third kappa shape index (κ3) is 4.43. The van der Waals surface area contributed by atoms with E-state index in [1.54, 1.807) is 11.8 Å². The number of hydrogen-bond acceptors (Lipinski definition) is 5. The van der Waals surface area contributed by atoms with E-state index in [0.717, 1.165) is 11.1 Å². The molecular formula is C19H21ClN4O2S. The maximum absolute atomic E-state index is 6.32. The molecule has 0 aliphatic carbocycles. The molecule has 8 heteroatoms. The van der Waals surface area contributed by atoms with Crippen LogP contribution in [0.15, 0.2) is 42.5 Å². The molecule has 0 amide bonds. The largest absolute Gasteiger partial charge is 0.496 e. The highest BCUT2D eigenvalue weighted by molar-refractivity contribution is 7.71. The van der Waals surface area contributed by atoms with E-state index in [-0.39, 0.29) is 6.10 Å². The normalized spacial score (nSPS) is 10.9. The lowest BCUT2D eigenvalue weighted by Crippen LogP contribution is -2.16. The smallest absolute Gasteiger partial charge is 0.214 e. The summed E-state index contributed by atoms with van der Waals surface area (Å²) in [5, 5.41) is 7.72. The molecule has 0 unspecified atom stereocenters. The van der Waals surface area contributed by atoms with E-state index in [1.165, 1.54) is 0 Å². The summed E-state index contributed by atoms with van der Waals surface area (Å²) in [6.07, 6.45) is 0.0687. The molecule has 142 valence electrons. The SMILES string of the molecule is COc1ccccc1-c1n[nH]c(=S)n1NCc1ccc(OC(C)C)c(Cl)c1. The number of hydrogen-bond donors (Lipinski definition) is 2. The number of halogens is 1. The lowest BCUT2D eigenvalue weighted by molar-refractivity contribution is 0.242. The Hall–Kier alpha value is -2.51. The van der Waals surface area contributed by atoms with Crippen LogP contribution in [0.4, 0.5) is 0 Å². The summed E-state index contributed by atoms with van der Waals surface area (Å²) in [7, 11) is 1.63. The number of nitrogens with one attached hydrogen (secondary N) is 2. The minimum atomic E-state index is 0.0687. The van der Waals surface area contributed by atoms with Crippen molar-refractivity contribution in [1.82, 2.24) is 14.9 Å². The number of ether oxygens (including phenoxy) is 2. The van der Waals surface area contributed by atoms with Gasteiger partial charge in [-0.3, -0.25) is 0 Å². The molecule has 2 N–H and O–H groups in total. The predicted molar refractivity (Wildman–Crippen MR) is 110 cm³/mol. The molecule has 27 heavy (non-hydrogen) atoms. The Morgan fingerprint density at radius 2 is 2.00 bits per heavy atom. The van der Waals surface area contributed by atoms with E-state index in [2.05, 4.69) is 15.6 Å². The van der Waals surface area contributed by atoms with Crippen molar-refractivity contribution in [1.29, 1.82) is 0 Å². The molecule has 1 heterocycles. The molecule has 0 aliphatic heterocycles. The van der Waals surface area contributed by atoms with E-state index < -0.39 is 0 Å². The van der Waals surface area contributed by atoms with Crippen LogP contribution < -0.4 is 14.9 Å². The maximum atomic E-state index is 6.32. The van der Waals surface area contributed by atoms with Gasteiger partial charge >= 0.3 is 0 Å². The van der Waals surface area contributed by atoms with Crippen LogP contribution in [0, 0.1) is 4.77 Å². The van der Waals surface area contributed by atoms with Gasteiger partial charge in [0.2, 0.25) is 4.77 Å². The third-order valence-electron chi connectivity index (χ3n) is 3.82. The van der Waals surface area contributed by atoms with Gasteiger partial charge in [0.1, 0.15) is 11.5 Å². The van der Waals surface area contributed by atoms with Gasteiger partial charge in [0.05, 0.1) is 30.3 Å². The van der Waals surface area contributed by atoms with Crippen molar-refractivity contribution in [2.75, 3.05) is 12.5 Å². The van der Waals surface area contributed by atoms with E-state index in [1.807, 2.05) is 56.3 Å². The Balaban J connectivity index is 1.82. The first-order valence-corrected chi connectivity index (χ1v) is 9.28. The second kappa shape index (κ2) is 8.45. The summed E-state index contributed by atoms with van der Waals surface area (Å²) < 4.78 is 13.3. The molecule has 0 fully saturated rings. The highest BCUT2D eigenvalue weighted by atomic mass is 35.5. The monoisotopic (exact) mass is 404 g/mol. The fourth-order valence-corrected chi connectivity index (χ4v) is 3.07. The zero-order valence-corrected chi connectivity index (χ0v) is 16.9. The summed E-state index contributed by atoms with van der Waals surface area (Å²) in [6, 6.07) is 13.3. The van der Waals surface area contributed by atoms with Crippen molar-refractivity contribution in [3.8, 4) is 22.9 Å². The predicted octanol–water partition coefficient (Wildman–Crippen LogP) is 4.80. The molecule has 6 nitrogen and oxygen atoms in total. The van der Waals surface area contributed by atoms with E-state index in [4.69, 9.17) is 33.3 Å². The first kappa shape index (κ1) is 19.3.